The first kappa shape index (κ1) is 17.1. The molecule has 0 unspecified atom stereocenters. The maximum atomic E-state index is 12.6. The van der Waals surface area contributed by atoms with Crippen molar-refractivity contribution in [3.05, 3.63) is 60.4 Å². The van der Waals surface area contributed by atoms with E-state index in [0.29, 0.717) is 32.0 Å². The molecule has 7 nitrogen and oxygen atoms in total. The van der Waals surface area contributed by atoms with E-state index >= 15 is 0 Å². The summed E-state index contributed by atoms with van der Waals surface area (Å²) in [5.41, 5.74) is 1.69. The van der Waals surface area contributed by atoms with E-state index < -0.39 is 5.60 Å². The number of carbonyl (C=O) groups excluding carboxylic acids is 1. The van der Waals surface area contributed by atoms with Gasteiger partial charge in [-0.1, -0.05) is 12.1 Å². The summed E-state index contributed by atoms with van der Waals surface area (Å²) in [6.07, 6.45) is 4.19. The molecule has 144 valence electrons. The van der Waals surface area contributed by atoms with E-state index in [2.05, 4.69) is 15.6 Å². The minimum absolute atomic E-state index is 0.0880. The van der Waals surface area contributed by atoms with Crippen molar-refractivity contribution in [2.45, 2.75) is 25.2 Å². The number of carbonyl (C=O) groups is 1. The van der Waals surface area contributed by atoms with E-state index in [-0.39, 0.29) is 5.91 Å². The average Bonchev–Trinajstić information content (AvgIpc) is 3.48. The largest absolute Gasteiger partial charge is 0.497 e. The second-order valence-corrected chi connectivity index (χ2v) is 7.30. The molecule has 1 spiro atoms. The van der Waals surface area contributed by atoms with Gasteiger partial charge in [0.05, 0.1) is 38.4 Å². The van der Waals surface area contributed by atoms with Crippen molar-refractivity contribution < 1.29 is 18.7 Å². The highest BCUT2D eigenvalue weighted by Crippen LogP contribution is 2.36. The van der Waals surface area contributed by atoms with Gasteiger partial charge in [0, 0.05) is 12.1 Å². The van der Waals surface area contributed by atoms with E-state index in [0.717, 1.165) is 29.3 Å². The molecular weight excluding hydrogens is 358 g/mol. The van der Waals surface area contributed by atoms with Gasteiger partial charge in [-0.2, -0.15) is 0 Å². The highest BCUT2D eigenvalue weighted by molar-refractivity contribution is 5.91. The molecule has 1 saturated heterocycles. The molecule has 0 bridgehead atoms. The molecule has 4 heterocycles. The van der Waals surface area contributed by atoms with Crippen molar-refractivity contribution >= 4 is 5.91 Å². The summed E-state index contributed by atoms with van der Waals surface area (Å²) in [4.78, 5) is 19.0. The molecule has 5 rings (SSSR count). The van der Waals surface area contributed by atoms with Crippen molar-refractivity contribution in [3.63, 3.8) is 0 Å². The zero-order valence-corrected chi connectivity index (χ0v) is 15.6. The van der Waals surface area contributed by atoms with Crippen molar-refractivity contribution in [2.24, 2.45) is 0 Å². The Morgan fingerprint density at radius 3 is 3.00 bits per heavy atom. The maximum absolute atomic E-state index is 12.6. The summed E-state index contributed by atoms with van der Waals surface area (Å²) in [7, 11) is 1.66. The Morgan fingerprint density at radius 1 is 1.25 bits per heavy atom. The predicted octanol–water partition coefficient (Wildman–Crippen LogP) is 2.97. The van der Waals surface area contributed by atoms with Crippen molar-refractivity contribution in [3.8, 4) is 17.0 Å². The molecule has 3 aromatic rings. The minimum atomic E-state index is -0.399. The fraction of sp³-hybridized carbons (Fsp3) is 0.333. The van der Waals surface area contributed by atoms with Crippen LogP contribution in [0.4, 0.5) is 0 Å². The molecule has 2 aliphatic rings. The zero-order chi connectivity index (χ0) is 19.1. The molecule has 2 aromatic heterocycles. The molecule has 28 heavy (non-hydrogen) atoms. The van der Waals surface area contributed by atoms with Crippen molar-refractivity contribution in [2.75, 3.05) is 20.2 Å². The lowest BCUT2D eigenvalue weighted by Crippen LogP contribution is -2.45. The SMILES string of the molecule is COc1cccc(-c2cnc3n2C[C@@]2(CCN(C(=O)c4ccco4)C2)OC3)c1. The molecule has 1 aromatic carbocycles. The number of hydrogen-bond donors (Lipinski definition) is 0. The third-order valence-corrected chi connectivity index (χ3v) is 5.59. The van der Waals surface area contributed by atoms with Gasteiger partial charge in [0.15, 0.2) is 5.76 Å². The minimum Gasteiger partial charge on any atom is -0.497 e. The van der Waals surface area contributed by atoms with E-state index in [9.17, 15) is 4.79 Å². The Morgan fingerprint density at radius 2 is 2.18 bits per heavy atom. The van der Waals surface area contributed by atoms with Crippen molar-refractivity contribution in [1.29, 1.82) is 0 Å². The topological polar surface area (TPSA) is 69.7 Å². The monoisotopic (exact) mass is 379 g/mol. The van der Waals surface area contributed by atoms with Crippen LogP contribution in [-0.2, 0) is 17.9 Å². The predicted molar refractivity (Wildman–Crippen MR) is 101 cm³/mol. The van der Waals surface area contributed by atoms with Crippen LogP contribution in [-0.4, -0.2) is 46.2 Å². The van der Waals surface area contributed by atoms with Crippen molar-refractivity contribution in [1.82, 2.24) is 14.5 Å². The molecule has 1 fully saturated rings. The third-order valence-electron chi connectivity index (χ3n) is 5.59. The Kier molecular flexibility index (Phi) is 3.98. The van der Waals surface area contributed by atoms with Gasteiger partial charge in [-0.25, -0.2) is 4.98 Å². The van der Waals surface area contributed by atoms with E-state index in [1.54, 1.807) is 19.2 Å². The van der Waals surface area contributed by atoms with Gasteiger partial charge in [-0.3, -0.25) is 4.79 Å². The standard InChI is InChI=1S/C21H21N3O4/c1-26-16-5-2-4-15(10-16)17-11-22-19-12-28-21(14-24(17)19)7-8-23(13-21)20(25)18-6-3-9-27-18/h2-6,9-11H,7-8,12-14H2,1H3/t21-/m0/s1. The number of likely N-dealkylation sites (tertiary alicyclic amines) is 1. The van der Waals surface area contributed by atoms with E-state index in [1.165, 1.54) is 6.26 Å². The van der Waals surface area contributed by atoms with Gasteiger partial charge in [-0.05, 0) is 30.7 Å². The number of ether oxygens (including phenoxy) is 2. The molecule has 0 saturated carbocycles. The number of benzene rings is 1. The Bertz CT molecular complexity index is 1010. The zero-order valence-electron chi connectivity index (χ0n) is 15.6. The quantitative estimate of drug-likeness (QED) is 0.700. The van der Waals surface area contributed by atoms with Crippen LogP contribution in [0, 0.1) is 0 Å². The van der Waals surface area contributed by atoms with Crippen LogP contribution >= 0.6 is 0 Å². The van der Waals surface area contributed by atoms with Crippen LogP contribution < -0.4 is 4.74 Å². The third kappa shape index (κ3) is 2.79. The first-order valence-electron chi connectivity index (χ1n) is 9.33. The van der Waals surface area contributed by atoms with Crippen LogP contribution in [0.15, 0.2) is 53.3 Å². The maximum Gasteiger partial charge on any atom is 0.289 e. The average molecular weight is 379 g/mol. The summed E-state index contributed by atoms with van der Waals surface area (Å²) in [6.45, 7) is 2.29. The van der Waals surface area contributed by atoms with Crippen LogP contribution in [0.1, 0.15) is 22.8 Å². The Balaban J connectivity index is 1.41. The van der Waals surface area contributed by atoms with Crippen LogP contribution in [0.2, 0.25) is 0 Å². The summed E-state index contributed by atoms with van der Waals surface area (Å²) in [5.74, 6) is 1.99. The summed E-state index contributed by atoms with van der Waals surface area (Å²) in [6, 6.07) is 11.4. The van der Waals surface area contributed by atoms with E-state index in [1.807, 2.05) is 29.3 Å². The summed E-state index contributed by atoms with van der Waals surface area (Å²) >= 11 is 0. The number of methoxy groups -OCH3 is 1. The first-order chi connectivity index (χ1) is 13.7. The fourth-order valence-corrected chi connectivity index (χ4v) is 4.09. The summed E-state index contributed by atoms with van der Waals surface area (Å²) < 4.78 is 19.0. The first-order valence-corrected chi connectivity index (χ1v) is 9.33. The van der Waals surface area contributed by atoms with Gasteiger partial charge < -0.3 is 23.4 Å². The van der Waals surface area contributed by atoms with Gasteiger partial charge >= 0.3 is 0 Å². The second-order valence-electron chi connectivity index (χ2n) is 7.30. The van der Waals surface area contributed by atoms with Crippen LogP contribution in [0.5, 0.6) is 5.75 Å². The molecule has 0 radical (unpaired) electrons. The molecule has 1 amide bonds. The number of furan rings is 1. The molecule has 0 N–H and O–H groups in total. The number of fused-ring (bicyclic) bond motifs is 1. The highest BCUT2D eigenvalue weighted by Gasteiger charge is 2.45. The molecule has 2 aliphatic heterocycles. The smallest absolute Gasteiger partial charge is 0.289 e. The van der Waals surface area contributed by atoms with Crippen LogP contribution in [0.25, 0.3) is 11.3 Å². The van der Waals surface area contributed by atoms with Gasteiger partial charge in [0.25, 0.3) is 5.91 Å². The number of imidazole rings is 1. The Labute approximate surface area is 162 Å². The molecule has 7 heteroatoms. The number of hydrogen-bond acceptors (Lipinski definition) is 5. The molecule has 1 atom stereocenters. The van der Waals surface area contributed by atoms with E-state index in [4.69, 9.17) is 13.9 Å². The van der Waals surface area contributed by atoms with Gasteiger partial charge in [0.1, 0.15) is 23.8 Å². The number of nitrogens with zero attached hydrogens (tertiary/aromatic N) is 3. The summed E-state index contributed by atoms with van der Waals surface area (Å²) in [5, 5.41) is 0. The lowest BCUT2D eigenvalue weighted by Gasteiger charge is -2.35. The fourth-order valence-electron chi connectivity index (χ4n) is 4.09. The lowest BCUT2D eigenvalue weighted by molar-refractivity contribution is -0.0805. The number of amides is 1. The van der Waals surface area contributed by atoms with Gasteiger partial charge in [0.2, 0.25) is 0 Å². The lowest BCUT2D eigenvalue weighted by atomic mass is 10.0. The molecule has 0 aliphatic carbocycles. The second kappa shape index (κ2) is 6.53. The number of aromatic nitrogens is 2. The highest BCUT2D eigenvalue weighted by atomic mass is 16.5. The number of rotatable bonds is 3. The normalized spacial score (nSPS) is 21.1. The van der Waals surface area contributed by atoms with Crippen LogP contribution in [0.3, 0.4) is 0 Å². The Hall–Kier alpha value is -3.06. The van der Waals surface area contributed by atoms with Gasteiger partial charge in [-0.15, -0.1) is 0 Å². The molecular formula is C21H21N3O4.